The maximum atomic E-state index is 12.3. The van der Waals surface area contributed by atoms with Gasteiger partial charge in [-0.3, -0.25) is 8.87 Å². The highest BCUT2D eigenvalue weighted by Gasteiger charge is 2.34. The lowest BCUT2D eigenvalue weighted by Crippen LogP contribution is -2.29. The molecule has 20 heavy (non-hydrogen) atoms. The van der Waals surface area contributed by atoms with Gasteiger partial charge in [0.2, 0.25) is 10.0 Å². The molecule has 0 N–H and O–H groups in total. The Morgan fingerprint density at radius 2 is 1.60 bits per heavy atom. The average molecular weight is 321 g/mol. The van der Waals surface area contributed by atoms with Gasteiger partial charge in [-0.25, -0.2) is 8.42 Å². The van der Waals surface area contributed by atoms with E-state index >= 15 is 0 Å². The fourth-order valence-corrected chi connectivity index (χ4v) is 5.78. The van der Waals surface area contributed by atoms with Gasteiger partial charge in [0.15, 0.2) is 5.49 Å². The third-order valence-electron chi connectivity index (χ3n) is 2.51. The van der Waals surface area contributed by atoms with Crippen LogP contribution in [0.5, 0.6) is 0 Å². The minimum Gasteiger partial charge on any atom is -0.308 e. The molecule has 0 aliphatic heterocycles. The van der Waals surface area contributed by atoms with Crippen LogP contribution in [0.2, 0.25) is 0 Å². The number of nitrogens with zero attached hydrogens (tertiary/aromatic N) is 1. The van der Waals surface area contributed by atoms with E-state index in [1.807, 2.05) is 0 Å². The van der Waals surface area contributed by atoms with E-state index in [4.69, 9.17) is 9.05 Å². The number of rotatable bonds is 8. The Hall–Kier alpha value is -0.880. The quantitative estimate of drug-likeness (QED) is 0.688. The topological polar surface area (TPSA) is 72.9 Å². The van der Waals surface area contributed by atoms with E-state index in [0.717, 1.165) is 4.31 Å². The summed E-state index contributed by atoms with van der Waals surface area (Å²) in [5, 5.41) is 0. The summed E-state index contributed by atoms with van der Waals surface area (Å²) in [6.45, 7) is 3.53. The summed E-state index contributed by atoms with van der Waals surface area (Å²) >= 11 is 0. The lowest BCUT2D eigenvalue weighted by Gasteiger charge is -2.23. The first kappa shape index (κ1) is 17.2. The molecule has 6 nitrogen and oxygen atoms in total. The monoisotopic (exact) mass is 321 g/mol. The van der Waals surface area contributed by atoms with Gasteiger partial charge in [-0.05, 0) is 26.0 Å². The van der Waals surface area contributed by atoms with Gasteiger partial charge < -0.3 is 9.05 Å². The molecule has 0 saturated carbocycles. The fraction of sp³-hybridized carbons (Fsp3) is 0.500. The predicted molar refractivity (Wildman–Crippen MR) is 79.5 cm³/mol. The lowest BCUT2D eigenvalue weighted by molar-refractivity contribution is 0.224. The molecule has 0 fully saturated rings. The molecule has 0 bridgehead atoms. The molecule has 1 aromatic carbocycles. The van der Waals surface area contributed by atoms with Crippen LogP contribution >= 0.6 is 7.60 Å². The number of hydrogen-bond acceptors (Lipinski definition) is 5. The third-order valence-corrected chi connectivity index (χ3v) is 7.43. The van der Waals surface area contributed by atoms with Gasteiger partial charge in [-0.15, -0.1) is 0 Å². The van der Waals surface area contributed by atoms with Crippen molar-refractivity contribution in [2.45, 2.75) is 13.8 Å². The zero-order valence-electron chi connectivity index (χ0n) is 11.9. The summed E-state index contributed by atoms with van der Waals surface area (Å²) in [6.07, 6.45) is 0. The molecule has 0 spiro atoms. The normalized spacial score (nSPS) is 12.3. The van der Waals surface area contributed by atoms with Crippen molar-refractivity contribution in [2.24, 2.45) is 0 Å². The second-order valence-electron chi connectivity index (χ2n) is 3.99. The van der Waals surface area contributed by atoms with Crippen LogP contribution < -0.4 is 4.31 Å². The summed E-state index contributed by atoms with van der Waals surface area (Å²) in [6, 6.07) is 8.56. The molecule has 0 radical (unpaired) electrons. The molecule has 0 heterocycles. The molecular weight excluding hydrogens is 301 g/mol. The number of sulfonamides is 1. The summed E-state index contributed by atoms with van der Waals surface area (Å²) in [5.41, 5.74) is -0.181. The average Bonchev–Trinajstić information content (AvgIpc) is 2.38. The van der Waals surface area contributed by atoms with Crippen LogP contribution in [0.25, 0.3) is 0 Å². The van der Waals surface area contributed by atoms with Crippen molar-refractivity contribution in [3.8, 4) is 0 Å². The molecule has 1 aromatic rings. The fourth-order valence-electron chi connectivity index (χ4n) is 1.59. The first-order chi connectivity index (χ1) is 9.34. The first-order valence-corrected chi connectivity index (χ1v) is 9.58. The zero-order chi connectivity index (χ0) is 15.2. The molecule has 1 rings (SSSR count). The van der Waals surface area contributed by atoms with Crippen molar-refractivity contribution in [3.05, 3.63) is 30.3 Å². The van der Waals surface area contributed by atoms with Crippen molar-refractivity contribution in [2.75, 3.05) is 30.1 Å². The molecule has 0 saturated heterocycles. The summed E-state index contributed by atoms with van der Waals surface area (Å²) < 4.78 is 48.0. The van der Waals surface area contributed by atoms with Crippen LogP contribution in [0.15, 0.2) is 30.3 Å². The number of anilines is 1. The van der Waals surface area contributed by atoms with E-state index in [0.29, 0.717) is 5.69 Å². The smallest absolute Gasteiger partial charge is 0.308 e. The molecule has 0 aromatic heterocycles. The van der Waals surface area contributed by atoms with Crippen LogP contribution in [0, 0.1) is 0 Å². The Morgan fingerprint density at radius 1 is 1.10 bits per heavy atom. The zero-order valence-corrected chi connectivity index (χ0v) is 13.6. The number of para-hydroxylation sites is 1. The Labute approximate surface area is 120 Å². The van der Waals surface area contributed by atoms with Gasteiger partial charge in [-0.1, -0.05) is 18.2 Å². The Kier molecular flexibility index (Phi) is 6.20. The Bertz CT molecular complexity index is 550. The van der Waals surface area contributed by atoms with Gasteiger partial charge in [0, 0.05) is 7.05 Å². The summed E-state index contributed by atoms with van der Waals surface area (Å²) in [4.78, 5) is 0. The Balaban J connectivity index is 2.96. The van der Waals surface area contributed by atoms with Crippen LogP contribution in [0.1, 0.15) is 13.8 Å². The molecule has 0 unspecified atom stereocenters. The summed E-state index contributed by atoms with van der Waals surface area (Å²) in [5.74, 6) is 0. The van der Waals surface area contributed by atoms with E-state index in [1.54, 1.807) is 44.2 Å². The molecular formula is C12H20NO5PS. The van der Waals surface area contributed by atoms with E-state index in [9.17, 15) is 13.0 Å². The number of benzene rings is 1. The highest BCUT2D eigenvalue weighted by molar-refractivity contribution is 7.98. The summed E-state index contributed by atoms with van der Waals surface area (Å²) in [7, 11) is -6.03. The third kappa shape index (κ3) is 4.59. The lowest BCUT2D eigenvalue weighted by atomic mass is 10.3. The van der Waals surface area contributed by atoms with Crippen LogP contribution in [0.4, 0.5) is 5.69 Å². The standard InChI is InChI=1S/C12H20NO5PS/c1-4-17-19(14,18-5-2)11-20(15,16)13(3)12-9-7-6-8-10-12/h6-10H,4-5,11H2,1-3H3. The predicted octanol–water partition coefficient (Wildman–Crippen LogP) is 2.68. The minimum atomic E-state index is -3.80. The molecule has 0 aliphatic rings. The molecule has 114 valence electrons. The maximum absolute atomic E-state index is 12.3. The van der Waals surface area contributed by atoms with E-state index < -0.39 is 23.1 Å². The largest absolute Gasteiger partial charge is 0.347 e. The van der Waals surface area contributed by atoms with Gasteiger partial charge in [0.1, 0.15) is 0 Å². The molecule has 0 amide bonds. The van der Waals surface area contributed by atoms with E-state index in [-0.39, 0.29) is 13.2 Å². The maximum Gasteiger partial charge on any atom is 0.347 e. The second-order valence-corrected chi connectivity index (χ2v) is 8.47. The van der Waals surface area contributed by atoms with E-state index in [2.05, 4.69) is 0 Å². The molecule has 8 heteroatoms. The van der Waals surface area contributed by atoms with Gasteiger partial charge in [0.05, 0.1) is 18.9 Å². The van der Waals surface area contributed by atoms with Crippen LogP contribution in [-0.4, -0.2) is 34.2 Å². The van der Waals surface area contributed by atoms with Crippen molar-refractivity contribution in [1.82, 2.24) is 0 Å². The number of hydrogen-bond donors (Lipinski definition) is 0. The van der Waals surface area contributed by atoms with Crippen molar-refractivity contribution in [3.63, 3.8) is 0 Å². The van der Waals surface area contributed by atoms with Crippen LogP contribution in [0.3, 0.4) is 0 Å². The highest BCUT2D eigenvalue weighted by Crippen LogP contribution is 2.49. The van der Waals surface area contributed by atoms with E-state index in [1.165, 1.54) is 7.05 Å². The minimum absolute atomic E-state index is 0.127. The van der Waals surface area contributed by atoms with Crippen LogP contribution in [-0.2, 0) is 23.6 Å². The SMILES string of the molecule is CCOP(=O)(CS(=O)(=O)N(C)c1ccccc1)OCC. The molecule has 0 aliphatic carbocycles. The van der Waals surface area contributed by atoms with Gasteiger partial charge in [-0.2, -0.15) is 0 Å². The van der Waals surface area contributed by atoms with Crippen molar-refractivity contribution in [1.29, 1.82) is 0 Å². The van der Waals surface area contributed by atoms with Crippen molar-refractivity contribution >= 4 is 23.3 Å². The molecule has 0 atom stereocenters. The highest BCUT2D eigenvalue weighted by atomic mass is 32.2. The first-order valence-electron chi connectivity index (χ1n) is 6.24. The van der Waals surface area contributed by atoms with Gasteiger partial charge in [0.25, 0.3) is 0 Å². The Morgan fingerprint density at radius 3 is 2.05 bits per heavy atom. The van der Waals surface area contributed by atoms with Gasteiger partial charge >= 0.3 is 7.60 Å². The second kappa shape index (κ2) is 7.22. The van der Waals surface area contributed by atoms with Crippen molar-refractivity contribution < 1.29 is 22.0 Å².